The van der Waals surface area contributed by atoms with Gasteiger partial charge in [0.15, 0.2) is 0 Å². The number of aliphatic hydroxyl groups is 1. The summed E-state index contributed by atoms with van der Waals surface area (Å²) in [7, 11) is 2.59. The van der Waals surface area contributed by atoms with Crippen LogP contribution >= 0.6 is 0 Å². The number of hydrogen-bond acceptors (Lipinski definition) is 9. The predicted octanol–water partition coefficient (Wildman–Crippen LogP) is 7.92. The molecule has 276 valence electrons. The molecule has 14 heteroatoms. The number of carbonyl (C=O) groups is 3. The Labute approximate surface area is 297 Å². The van der Waals surface area contributed by atoms with Gasteiger partial charge in [0.2, 0.25) is 6.10 Å². The molecule has 3 aromatic rings. The van der Waals surface area contributed by atoms with Gasteiger partial charge in [-0.15, -0.1) is 0 Å². The van der Waals surface area contributed by atoms with E-state index in [4.69, 9.17) is 24.2 Å². The summed E-state index contributed by atoms with van der Waals surface area (Å²) in [5.41, 5.74) is 7.09. The van der Waals surface area contributed by atoms with E-state index in [1.54, 1.807) is 26.0 Å². The Bertz CT molecular complexity index is 2190. The highest BCUT2D eigenvalue weighted by Crippen LogP contribution is 2.43. The van der Waals surface area contributed by atoms with Crippen LogP contribution in [0.3, 0.4) is 0 Å². The lowest BCUT2D eigenvalue weighted by Gasteiger charge is -2.20. The van der Waals surface area contributed by atoms with Crippen LogP contribution in [-0.4, -0.2) is 63.3 Å². The normalized spacial score (nSPS) is 14.4. The fourth-order valence-corrected chi connectivity index (χ4v) is 6.77. The van der Waals surface area contributed by atoms with Gasteiger partial charge in [-0.2, -0.15) is 13.2 Å². The number of ether oxygens (including phenoxy) is 3. The molecule has 2 aliphatic rings. The minimum Gasteiger partial charge on any atom is -0.469 e. The number of aliphatic hydroxyl groups excluding tert-OH is 1. The fraction of sp³-hybridized carbons (Fsp3) is 0.395. The van der Waals surface area contributed by atoms with Crippen molar-refractivity contribution in [3.63, 3.8) is 0 Å². The number of aromatic nitrogens is 4. The van der Waals surface area contributed by atoms with E-state index in [1.165, 1.54) is 27.2 Å². The summed E-state index contributed by atoms with van der Waals surface area (Å²) in [6, 6.07) is 6.63. The zero-order valence-electron chi connectivity index (χ0n) is 30.2. The minimum absolute atomic E-state index is 0.00285. The molecule has 11 nitrogen and oxygen atoms in total. The van der Waals surface area contributed by atoms with E-state index >= 15 is 0 Å². The molecule has 0 saturated carbocycles. The number of esters is 3. The molecule has 0 aromatic carbocycles. The van der Waals surface area contributed by atoms with Crippen molar-refractivity contribution in [3.05, 3.63) is 69.3 Å². The van der Waals surface area contributed by atoms with Crippen molar-refractivity contribution >= 4 is 62.3 Å². The number of hydrogen-bond donors (Lipinski definition) is 3. The summed E-state index contributed by atoms with van der Waals surface area (Å²) in [4.78, 5) is 52.7. The molecule has 5 rings (SSSR count). The first-order valence-electron chi connectivity index (χ1n) is 16.7. The molecule has 3 N–H and O–H groups in total. The van der Waals surface area contributed by atoms with Gasteiger partial charge in [-0.1, -0.05) is 0 Å². The second-order valence-corrected chi connectivity index (χ2v) is 12.9. The SMILES string of the molecule is COC(=O)CCC1=C(C)c2cc3[nH]c(cc4[nH]c(cc5nc(cc1n2)C(CCC(=O)OC)=C5C)c(C(OC(C)=O)C(F)(F)F)c4C)c(C(C)O)c3C. The van der Waals surface area contributed by atoms with Gasteiger partial charge in [0, 0.05) is 53.0 Å². The van der Waals surface area contributed by atoms with E-state index in [0.29, 0.717) is 62.5 Å². The number of H-pyrrole nitrogens is 2. The fourth-order valence-electron chi connectivity index (χ4n) is 6.77. The Hall–Kier alpha value is -5.24. The first-order chi connectivity index (χ1) is 24.4. The number of aromatic amines is 2. The predicted molar refractivity (Wildman–Crippen MR) is 189 cm³/mol. The lowest BCUT2D eigenvalue weighted by atomic mass is 9.98. The molecule has 3 aromatic heterocycles. The summed E-state index contributed by atoms with van der Waals surface area (Å²) in [6.45, 7) is 9.47. The number of aryl methyl sites for hydroxylation is 2. The Kier molecular flexibility index (Phi) is 10.8. The van der Waals surface area contributed by atoms with Gasteiger partial charge in [0.05, 0.1) is 43.1 Å². The number of nitrogens with one attached hydrogen (secondary N) is 2. The van der Waals surface area contributed by atoms with E-state index in [9.17, 15) is 32.7 Å². The summed E-state index contributed by atoms with van der Waals surface area (Å²) in [5, 5.41) is 10.9. The second kappa shape index (κ2) is 14.8. The lowest BCUT2D eigenvalue weighted by Crippen LogP contribution is -2.25. The zero-order valence-corrected chi connectivity index (χ0v) is 30.2. The average molecular weight is 723 g/mol. The molecule has 0 aliphatic carbocycles. The third-order valence-corrected chi connectivity index (χ3v) is 9.51. The summed E-state index contributed by atoms with van der Waals surface area (Å²) in [5.74, 6) is -1.97. The van der Waals surface area contributed by atoms with Crippen molar-refractivity contribution < 1.29 is 46.9 Å². The quantitative estimate of drug-likeness (QED) is 0.147. The standard InChI is InChI=1S/C38H41F3N4O7/c1-17-23(9-11-33(48)50-7)29-16-30-24(10-12-34(49)51-8)18(2)26(43-30)14-32-36(37(38(39,40)41)52-22(6)47)20(4)28(45-32)15-31-35(21(5)46)19(3)27(44-31)13-25(17)42-29/h13-16,21,37,44-46H,9-12H2,1-8H3. The molecule has 0 fully saturated rings. The number of allylic oxidation sites excluding steroid dienone is 4. The Morgan fingerprint density at radius 2 is 1.17 bits per heavy atom. The zero-order chi connectivity index (χ0) is 38.2. The van der Waals surface area contributed by atoms with Crippen LogP contribution in [0.15, 0.2) is 24.3 Å². The molecule has 2 aliphatic heterocycles. The third-order valence-electron chi connectivity index (χ3n) is 9.51. The van der Waals surface area contributed by atoms with Gasteiger partial charge in [0.1, 0.15) is 0 Å². The molecule has 0 amide bonds. The Balaban J connectivity index is 1.96. The first kappa shape index (κ1) is 38.0. The molecule has 2 atom stereocenters. The number of methoxy groups -OCH3 is 2. The largest absolute Gasteiger partial charge is 0.469 e. The third kappa shape index (κ3) is 7.52. The van der Waals surface area contributed by atoms with Gasteiger partial charge in [-0.3, -0.25) is 14.4 Å². The van der Waals surface area contributed by atoms with Crippen LogP contribution in [0, 0.1) is 13.8 Å². The van der Waals surface area contributed by atoms with Gasteiger partial charge in [-0.05, 0) is 105 Å². The second-order valence-electron chi connectivity index (χ2n) is 12.9. The number of halogens is 3. The Morgan fingerprint density at radius 3 is 1.62 bits per heavy atom. The van der Waals surface area contributed by atoms with Crippen LogP contribution < -0.4 is 0 Å². The minimum atomic E-state index is -4.97. The topological polar surface area (TPSA) is 156 Å². The van der Waals surface area contributed by atoms with Crippen LogP contribution in [0.1, 0.15) is 111 Å². The summed E-state index contributed by atoms with van der Waals surface area (Å²) >= 11 is 0. The maximum absolute atomic E-state index is 14.7. The monoisotopic (exact) mass is 722 g/mol. The van der Waals surface area contributed by atoms with E-state index < -0.39 is 36.3 Å². The molecule has 5 heterocycles. The average Bonchev–Trinajstić information content (AvgIpc) is 3.73. The maximum Gasteiger partial charge on any atom is 0.429 e. The molecule has 0 radical (unpaired) electrons. The maximum atomic E-state index is 14.7. The molecule has 52 heavy (non-hydrogen) atoms. The number of fused-ring (bicyclic) bond motifs is 8. The van der Waals surface area contributed by atoms with Crippen LogP contribution in [0.4, 0.5) is 13.2 Å². The highest BCUT2D eigenvalue weighted by Gasteiger charge is 2.46. The van der Waals surface area contributed by atoms with E-state index in [1.807, 2.05) is 19.9 Å². The van der Waals surface area contributed by atoms with Crippen molar-refractivity contribution in [2.24, 2.45) is 0 Å². The Morgan fingerprint density at radius 1 is 0.731 bits per heavy atom. The van der Waals surface area contributed by atoms with Crippen molar-refractivity contribution in [2.45, 2.75) is 85.6 Å². The van der Waals surface area contributed by atoms with Gasteiger partial charge in [-0.25, -0.2) is 9.97 Å². The number of rotatable bonds is 9. The molecule has 2 unspecified atom stereocenters. The molecular formula is C38H41F3N4O7. The van der Waals surface area contributed by atoms with Gasteiger partial charge >= 0.3 is 24.1 Å². The van der Waals surface area contributed by atoms with Crippen LogP contribution in [0.2, 0.25) is 0 Å². The smallest absolute Gasteiger partial charge is 0.429 e. The first-order valence-corrected chi connectivity index (χ1v) is 16.7. The highest BCUT2D eigenvalue weighted by molar-refractivity contribution is 5.96. The van der Waals surface area contributed by atoms with Crippen molar-refractivity contribution in [1.82, 2.24) is 19.9 Å². The van der Waals surface area contributed by atoms with E-state index in [0.717, 1.165) is 18.1 Å². The van der Waals surface area contributed by atoms with E-state index in [2.05, 4.69) is 9.97 Å². The van der Waals surface area contributed by atoms with Crippen LogP contribution in [0.5, 0.6) is 0 Å². The van der Waals surface area contributed by atoms with E-state index in [-0.39, 0.29) is 41.4 Å². The highest BCUT2D eigenvalue weighted by atomic mass is 19.4. The van der Waals surface area contributed by atoms with Crippen molar-refractivity contribution in [2.75, 3.05) is 14.2 Å². The molecular weight excluding hydrogens is 681 g/mol. The van der Waals surface area contributed by atoms with Crippen LogP contribution in [0.25, 0.3) is 44.4 Å². The van der Waals surface area contributed by atoms with Gasteiger partial charge in [0.25, 0.3) is 0 Å². The van der Waals surface area contributed by atoms with Gasteiger partial charge < -0.3 is 29.3 Å². The molecule has 8 bridgehead atoms. The lowest BCUT2D eigenvalue weighted by molar-refractivity contribution is -0.222. The van der Waals surface area contributed by atoms with Crippen molar-refractivity contribution in [1.29, 1.82) is 0 Å². The number of nitrogens with zero attached hydrogens (tertiary/aromatic N) is 2. The molecule has 0 spiro atoms. The number of alkyl halides is 3. The number of carbonyl (C=O) groups excluding carboxylic acids is 3. The van der Waals surface area contributed by atoms with Crippen molar-refractivity contribution in [3.8, 4) is 0 Å². The molecule has 0 saturated heterocycles. The summed E-state index contributed by atoms with van der Waals surface area (Å²) < 4.78 is 58.6. The van der Waals surface area contributed by atoms with Crippen LogP contribution in [-0.2, 0) is 28.6 Å². The summed E-state index contributed by atoms with van der Waals surface area (Å²) in [6.07, 6.45) is -7.92.